The van der Waals surface area contributed by atoms with E-state index in [9.17, 15) is 9.18 Å². The van der Waals surface area contributed by atoms with E-state index in [1.165, 1.54) is 12.1 Å². The van der Waals surface area contributed by atoms with Crippen molar-refractivity contribution in [2.24, 2.45) is 7.05 Å². The lowest BCUT2D eigenvalue weighted by Gasteiger charge is -2.05. The van der Waals surface area contributed by atoms with Crippen LogP contribution in [0.15, 0.2) is 42.5 Å². The Balaban J connectivity index is 1.80. The molecule has 22 heavy (non-hydrogen) atoms. The third kappa shape index (κ3) is 2.67. The molecule has 112 valence electrons. The van der Waals surface area contributed by atoms with Crippen LogP contribution in [0.2, 0.25) is 5.02 Å². The quantitative estimate of drug-likeness (QED) is 0.805. The van der Waals surface area contributed by atoms with Crippen LogP contribution in [0.4, 0.5) is 4.39 Å². The summed E-state index contributed by atoms with van der Waals surface area (Å²) in [6.07, 6.45) is 0. The van der Waals surface area contributed by atoms with Crippen LogP contribution in [0, 0.1) is 5.82 Å². The topological polar surface area (TPSA) is 46.9 Å². The van der Waals surface area contributed by atoms with Crippen molar-refractivity contribution in [3.63, 3.8) is 0 Å². The number of fused-ring (bicyclic) bond motifs is 1. The Morgan fingerprint density at radius 2 is 2.09 bits per heavy atom. The van der Waals surface area contributed by atoms with Gasteiger partial charge in [-0.3, -0.25) is 9.48 Å². The number of carbonyl (C=O) groups is 1. The molecule has 6 heteroatoms. The number of hydrogen-bond acceptors (Lipinski definition) is 2. The molecule has 1 amide bonds. The molecule has 1 aromatic heterocycles. The zero-order chi connectivity index (χ0) is 15.7. The minimum absolute atomic E-state index is 0.0371. The molecule has 0 spiro atoms. The van der Waals surface area contributed by atoms with Crippen LogP contribution in [0.3, 0.4) is 0 Å². The van der Waals surface area contributed by atoms with Gasteiger partial charge in [-0.25, -0.2) is 4.39 Å². The normalized spacial score (nSPS) is 10.9. The summed E-state index contributed by atoms with van der Waals surface area (Å²) < 4.78 is 14.8. The highest BCUT2D eigenvalue weighted by molar-refractivity contribution is 6.30. The highest BCUT2D eigenvalue weighted by Crippen LogP contribution is 2.18. The minimum atomic E-state index is -0.479. The number of aromatic nitrogens is 2. The van der Waals surface area contributed by atoms with Gasteiger partial charge in [-0.2, -0.15) is 5.10 Å². The van der Waals surface area contributed by atoms with Gasteiger partial charge < -0.3 is 5.32 Å². The zero-order valence-electron chi connectivity index (χ0n) is 11.8. The number of aryl methyl sites for hydroxylation is 1. The van der Waals surface area contributed by atoms with Crippen LogP contribution >= 0.6 is 11.6 Å². The fourth-order valence-electron chi connectivity index (χ4n) is 2.30. The first-order valence-corrected chi connectivity index (χ1v) is 7.08. The molecule has 0 saturated carbocycles. The number of hydrogen-bond donors (Lipinski definition) is 1. The van der Waals surface area contributed by atoms with Gasteiger partial charge in [0.1, 0.15) is 5.82 Å². The minimum Gasteiger partial charge on any atom is -0.347 e. The molecule has 0 saturated heterocycles. The lowest BCUT2D eigenvalue weighted by molar-refractivity contribution is 0.0947. The van der Waals surface area contributed by atoms with Crippen LogP contribution in [0.1, 0.15) is 16.1 Å². The van der Waals surface area contributed by atoms with Gasteiger partial charge in [0, 0.05) is 19.0 Å². The van der Waals surface area contributed by atoms with Crippen molar-refractivity contribution in [2.45, 2.75) is 6.54 Å². The molecule has 0 unspecified atom stereocenters. The summed E-state index contributed by atoms with van der Waals surface area (Å²) in [5.41, 5.74) is 1.98. The van der Waals surface area contributed by atoms with E-state index >= 15 is 0 Å². The molecule has 1 N–H and O–H groups in total. The van der Waals surface area contributed by atoms with Crippen LogP contribution in [-0.2, 0) is 13.6 Å². The highest BCUT2D eigenvalue weighted by Gasteiger charge is 2.15. The van der Waals surface area contributed by atoms with E-state index in [1.807, 2.05) is 24.3 Å². The molecule has 3 rings (SSSR count). The third-order valence-corrected chi connectivity index (χ3v) is 3.70. The van der Waals surface area contributed by atoms with Gasteiger partial charge in [0.2, 0.25) is 0 Å². The number of amides is 1. The van der Waals surface area contributed by atoms with Crippen molar-refractivity contribution in [3.8, 4) is 0 Å². The molecule has 0 atom stereocenters. The van der Waals surface area contributed by atoms with E-state index < -0.39 is 5.82 Å². The number of rotatable bonds is 3. The van der Waals surface area contributed by atoms with Gasteiger partial charge in [0.05, 0.1) is 10.5 Å². The average molecular weight is 318 g/mol. The first kappa shape index (κ1) is 14.5. The fraction of sp³-hybridized carbons (Fsp3) is 0.125. The van der Waals surface area contributed by atoms with Crippen molar-refractivity contribution < 1.29 is 9.18 Å². The van der Waals surface area contributed by atoms with Gasteiger partial charge in [-0.15, -0.1) is 0 Å². The van der Waals surface area contributed by atoms with Gasteiger partial charge in [0.25, 0.3) is 5.91 Å². The van der Waals surface area contributed by atoms with Crippen LogP contribution in [-0.4, -0.2) is 15.7 Å². The molecule has 0 bridgehead atoms. The van der Waals surface area contributed by atoms with Crippen molar-refractivity contribution in [1.82, 2.24) is 15.1 Å². The Labute approximate surface area is 131 Å². The maximum Gasteiger partial charge on any atom is 0.272 e. The summed E-state index contributed by atoms with van der Waals surface area (Å²) >= 11 is 5.72. The second kappa shape index (κ2) is 5.77. The first-order valence-electron chi connectivity index (χ1n) is 6.70. The predicted molar refractivity (Wildman–Crippen MR) is 83.3 cm³/mol. The summed E-state index contributed by atoms with van der Waals surface area (Å²) in [5, 5.41) is 7.85. The number of halogens is 2. The molecule has 3 aromatic rings. The number of benzene rings is 2. The summed E-state index contributed by atoms with van der Waals surface area (Å²) in [6.45, 7) is 0.254. The van der Waals surface area contributed by atoms with E-state index in [1.54, 1.807) is 17.8 Å². The molecule has 0 aliphatic rings. The summed E-state index contributed by atoms with van der Waals surface area (Å²) in [7, 11) is 1.79. The van der Waals surface area contributed by atoms with E-state index in [0.29, 0.717) is 5.69 Å². The Morgan fingerprint density at radius 3 is 2.86 bits per heavy atom. The number of nitrogens with one attached hydrogen (secondary N) is 1. The Kier molecular flexibility index (Phi) is 3.81. The van der Waals surface area contributed by atoms with Gasteiger partial charge in [0.15, 0.2) is 5.69 Å². The monoisotopic (exact) mass is 317 g/mol. The molecule has 0 aliphatic carbocycles. The van der Waals surface area contributed by atoms with E-state index in [-0.39, 0.29) is 17.5 Å². The Hall–Kier alpha value is -2.40. The van der Waals surface area contributed by atoms with Crippen molar-refractivity contribution in [1.29, 1.82) is 0 Å². The second-order valence-corrected chi connectivity index (χ2v) is 5.33. The Morgan fingerprint density at radius 1 is 1.32 bits per heavy atom. The van der Waals surface area contributed by atoms with Gasteiger partial charge >= 0.3 is 0 Å². The molecule has 1 heterocycles. The van der Waals surface area contributed by atoms with E-state index in [2.05, 4.69) is 10.4 Å². The molecular formula is C16H13ClFN3O. The first-order chi connectivity index (χ1) is 10.6. The molecule has 0 radical (unpaired) electrons. The van der Waals surface area contributed by atoms with Gasteiger partial charge in [-0.05, 0) is 23.8 Å². The Bertz CT molecular complexity index is 860. The lowest BCUT2D eigenvalue weighted by Crippen LogP contribution is -2.23. The maximum atomic E-state index is 13.1. The van der Waals surface area contributed by atoms with E-state index in [0.717, 1.165) is 16.5 Å². The number of carbonyl (C=O) groups excluding carboxylic acids is 1. The van der Waals surface area contributed by atoms with Crippen molar-refractivity contribution in [3.05, 3.63) is 64.6 Å². The predicted octanol–water partition coefficient (Wildman–Crippen LogP) is 3.30. The molecule has 0 aliphatic heterocycles. The maximum absolute atomic E-state index is 13.1. The molecule has 2 aromatic carbocycles. The molecule has 4 nitrogen and oxygen atoms in total. The highest BCUT2D eigenvalue weighted by atomic mass is 35.5. The van der Waals surface area contributed by atoms with E-state index in [4.69, 9.17) is 11.6 Å². The van der Waals surface area contributed by atoms with Crippen molar-refractivity contribution >= 4 is 28.4 Å². The summed E-state index contributed by atoms with van der Waals surface area (Å²) in [4.78, 5) is 12.3. The average Bonchev–Trinajstić information content (AvgIpc) is 2.86. The largest absolute Gasteiger partial charge is 0.347 e. The smallest absolute Gasteiger partial charge is 0.272 e. The molecule has 0 fully saturated rings. The standard InChI is InChI=1S/C16H13ClFN3O/c1-21-14-5-3-2-4-11(14)15(20-21)16(22)19-9-10-6-7-13(18)12(17)8-10/h2-8H,9H2,1H3,(H,19,22). The second-order valence-electron chi connectivity index (χ2n) is 4.92. The van der Waals surface area contributed by atoms with Crippen molar-refractivity contribution in [2.75, 3.05) is 0 Å². The third-order valence-electron chi connectivity index (χ3n) is 3.41. The number of nitrogens with zero attached hydrogens (tertiary/aromatic N) is 2. The molecular weight excluding hydrogens is 305 g/mol. The lowest BCUT2D eigenvalue weighted by atomic mass is 10.2. The SMILES string of the molecule is Cn1nc(C(=O)NCc2ccc(F)c(Cl)c2)c2ccccc21. The van der Waals surface area contributed by atoms with Crippen LogP contribution in [0.5, 0.6) is 0 Å². The summed E-state index contributed by atoms with van der Waals surface area (Å²) in [6, 6.07) is 11.9. The summed E-state index contributed by atoms with van der Waals surface area (Å²) in [5.74, 6) is -0.760. The zero-order valence-corrected chi connectivity index (χ0v) is 12.6. The van der Waals surface area contributed by atoms with Crippen LogP contribution < -0.4 is 5.32 Å². The fourth-order valence-corrected chi connectivity index (χ4v) is 2.50. The number of para-hydroxylation sites is 1. The van der Waals surface area contributed by atoms with Gasteiger partial charge in [-0.1, -0.05) is 35.9 Å². The van der Waals surface area contributed by atoms with Crippen LogP contribution in [0.25, 0.3) is 10.9 Å².